The highest BCUT2D eigenvalue weighted by atomic mass is 79.9. The van der Waals surface area contributed by atoms with Crippen LogP contribution < -0.4 is 4.74 Å². The number of Topliss-reactive ketones (excluding diaryl/α,β-unsaturated/α-hetero) is 1. The summed E-state index contributed by atoms with van der Waals surface area (Å²) < 4.78 is 16.8. The number of carbonyl (C=O) groups excluding carboxylic acids is 2. The zero-order valence-electron chi connectivity index (χ0n) is 18.1. The first-order valence-electron chi connectivity index (χ1n) is 10.6. The summed E-state index contributed by atoms with van der Waals surface area (Å²) in [6.07, 6.45) is 1.86. The smallest absolute Gasteiger partial charge is 0.315 e. The first-order valence-corrected chi connectivity index (χ1v) is 11.4. The fraction of sp³-hybridized carbons (Fsp3) is 0.522. The van der Waals surface area contributed by atoms with E-state index in [0.717, 1.165) is 12.1 Å². The lowest BCUT2D eigenvalue weighted by Gasteiger charge is -2.34. The van der Waals surface area contributed by atoms with E-state index in [0.29, 0.717) is 59.7 Å². The summed E-state index contributed by atoms with van der Waals surface area (Å²) >= 11 is 3.37. The SMILES string of the molecule is CCOCCOC(=O)C1C(C)=NC2=C(C(=O)CCC2)[C@@H]1c1cc(Br)c(O)c(OCC)c1. The molecule has 0 radical (unpaired) electrons. The van der Waals surface area contributed by atoms with Crippen LogP contribution in [-0.4, -0.2) is 49.0 Å². The Labute approximate surface area is 190 Å². The Kier molecular flexibility index (Phi) is 7.89. The van der Waals surface area contributed by atoms with Crippen LogP contribution in [0.1, 0.15) is 51.5 Å². The van der Waals surface area contributed by atoms with Crippen LogP contribution in [0.5, 0.6) is 11.5 Å². The molecule has 31 heavy (non-hydrogen) atoms. The zero-order chi connectivity index (χ0) is 22.5. The number of hydrogen-bond donors (Lipinski definition) is 1. The van der Waals surface area contributed by atoms with Crippen LogP contribution >= 0.6 is 15.9 Å². The molecule has 2 atom stereocenters. The number of benzene rings is 1. The van der Waals surface area contributed by atoms with E-state index in [1.165, 1.54) is 0 Å². The molecule has 1 heterocycles. The van der Waals surface area contributed by atoms with Gasteiger partial charge in [0, 0.05) is 35.9 Å². The summed E-state index contributed by atoms with van der Waals surface area (Å²) in [6, 6.07) is 3.42. The maximum atomic E-state index is 13.1. The maximum absolute atomic E-state index is 13.1. The molecule has 0 aromatic heterocycles. The minimum absolute atomic E-state index is 0.00299. The van der Waals surface area contributed by atoms with Crippen molar-refractivity contribution in [2.24, 2.45) is 10.9 Å². The Bertz CT molecular complexity index is 923. The first-order chi connectivity index (χ1) is 14.9. The van der Waals surface area contributed by atoms with Crippen molar-refractivity contribution < 1.29 is 28.9 Å². The summed E-state index contributed by atoms with van der Waals surface area (Å²) in [5.41, 5.74) is 2.60. The number of rotatable bonds is 8. The van der Waals surface area contributed by atoms with Gasteiger partial charge in [0.25, 0.3) is 0 Å². The number of ketones is 1. The second kappa shape index (κ2) is 10.4. The molecule has 0 spiro atoms. The third-order valence-corrected chi connectivity index (χ3v) is 6.08. The predicted octanol–water partition coefficient (Wildman–Crippen LogP) is 4.31. The highest BCUT2D eigenvalue weighted by Gasteiger charge is 2.43. The number of phenols is 1. The molecule has 0 amide bonds. The molecule has 1 aliphatic carbocycles. The first kappa shape index (κ1) is 23.5. The van der Waals surface area contributed by atoms with Crippen molar-refractivity contribution in [3.8, 4) is 11.5 Å². The van der Waals surface area contributed by atoms with Gasteiger partial charge in [-0.15, -0.1) is 0 Å². The van der Waals surface area contributed by atoms with Crippen LogP contribution in [0.3, 0.4) is 0 Å². The molecular weight excluding hydrogens is 466 g/mol. The van der Waals surface area contributed by atoms with Gasteiger partial charge in [0.2, 0.25) is 0 Å². The molecular formula is C23H28BrNO6. The lowest BCUT2D eigenvalue weighted by atomic mass is 9.71. The van der Waals surface area contributed by atoms with E-state index < -0.39 is 17.8 Å². The lowest BCUT2D eigenvalue weighted by Crippen LogP contribution is -2.37. The van der Waals surface area contributed by atoms with Crippen molar-refractivity contribution in [3.63, 3.8) is 0 Å². The fourth-order valence-electron chi connectivity index (χ4n) is 4.15. The number of nitrogens with zero attached hydrogens (tertiary/aromatic N) is 1. The van der Waals surface area contributed by atoms with Crippen molar-refractivity contribution in [1.29, 1.82) is 0 Å². The fourth-order valence-corrected chi connectivity index (χ4v) is 4.61. The number of aliphatic imine (C=N–C) groups is 1. The summed E-state index contributed by atoms with van der Waals surface area (Å²) in [6.45, 7) is 6.83. The van der Waals surface area contributed by atoms with Gasteiger partial charge in [-0.1, -0.05) is 0 Å². The molecule has 1 aliphatic heterocycles. The van der Waals surface area contributed by atoms with Crippen LogP contribution in [0.25, 0.3) is 0 Å². The van der Waals surface area contributed by atoms with Gasteiger partial charge >= 0.3 is 5.97 Å². The lowest BCUT2D eigenvalue weighted by molar-refractivity contribution is -0.148. The molecule has 1 unspecified atom stereocenters. The predicted molar refractivity (Wildman–Crippen MR) is 120 cm³/mol. The second-order valence-electron chi connectivity index (χ2n) is 7.49. The van der Waals surface area contributed by atoms with Gasteiger partial charge in [-0.2, -0.15) is 0 Å². The molecule has 1 aromatic carbocycles. The maximum Gasteiger partial charge on any atom is 0.315 e. The number of allylic oxidation sites excluding steroid dienone is 2. The van der Waals surface area contributed by atoms with E-state index in [2.05, 4.69) is 20.9 Å². The van der Waals surface area contributed by atoms with Crippen LogP contribution in [-0.2, 0) is 19.1 Å². The van der Waals surface area contributed by atoms with Crippen molar-refractivity contribution in [3.05, 3.63) is 33.4 Å². The molecule has 0 fully saturated rings. The van der Waals surface area contributed by atoms with Gasteiger partial charge in [-0.25, -0.2) is 0 Å². The summed E-state index contributed by atoms with van der Waals surface area (Å²) in [4.78, 5) is 30.7. The van der Waals surface area contributed by atoms with Crippen molar-refractivity contribution in [2.45, 2.75) is 46.0 Å². The summed E-state index contributed by atoms with van der Waals surface area (Å²) in [7, 11) is 0. The van der Waals surface area contributed by atoms with Gasteiger partial charge in [0.1, 0.15) is 12.5 Å². The average molecular weight is 494 g/mol. The number of hydrogen-bond acceptors (Lipinski definition) is 7. The zero-order valence-corrected chi connectivity index (χ0v) is 19.7. The number of aromatic hydroxyl groups is 1. The van der Waals surface area contributed by atoms with Gasteiger partial charge in [0.05, 0.1) is 17.7 Å². The third-order valence-electron chi connectivity index (χ3n) is 5.47. The largest absolute Gasteiger partial charge is 0.503 e. The van der Waals surface area contributed by atoms with E-state index >= 15 is 0 Å². The monoisotopic (exact) mass is 493 g/mol. The van der Waals surface area contributed by atoms with E-state index in [-0.39, 0.29) is 18.1 Å². The minimum Gasteiger partial charge on any atom is -0.503 e. The molecule has 3 rings (SSSR count). The normalized spacial score (nSPS) is 20.9. The van der Waals surface area contributed by atoms with Crippen LogP contribution in [0.4, 0.5) is 0 Å². The molecule has 0 saturated carbocycles. The molecule has 1 N–H and O–H groups in total. The van der Waals surface area contributed by atoms with Crippen LogP contribution in [0.2, 0.25) is 0 Å². The van der Waals surface area contributed by atoms with E-state index in [9.17, 15) is 14.7 Å². The number of phenolic OH excluding ortho intramolecular Hbond substituents is 1. The Morgan fingerprint density at radius 1 is 1.23 bits per heavy atom. The number of esters is 1. The highest BCUT2D eigenvalue weighted by molar-refractivity contribution is 9.10. The van der Waals surface area contributed by atoms with Crippen LogP contribution in [0, 0.1) is 5.92 Å². The molecule has 7 nitrogen and oxygen atoms in total. The minimum atomic E-state index is -0.742. The van der Waals surface area contributed by atoms with Gasteiger partial charge < -0.3 is 19.3 Å². The van der Waals surface area contributed by atoms with Crippen molar-refractivity contribution >= 4 is 33.4 Å². The molecule has 0 saturated heterocycles. The highest BCUT2D eigenvalue weighted by Crippen LogP contribution is 2.47. The average Bonchev–Trinajstić information content (AvgIpc) is 2.73. The number of halogens is 1. The molecule has 1 aromatic rings. The second-order valence-corrected chi connectivity index (χ2v) is 8.35. The topological polar surface area (TPSA) is 94.4 Å². The van der Waals surface area contributed by atoms with Crippen LogP contribution in [0.15, 0.2) is 32.9 Å². The molecule has 168 valence electrons. The standard InChI is InChI=1S/C23H28BrNO6/c1-4-29-9-10-31-23(28)19-13(3)25-16-7-6-8-17(26)21(16)20(19)14-11-15(24)22(27)18(12-14)30-5-2/h11-12,19-20,27H,4-10H2,1-3H3/t19?,20-/m1/s1. The molecule has 8 heteroatoms. The van der Waals surface area contributed by atoms with Crippen molar-refractivity contribution in [1.82, 2.24) is 0 Å². The van der Waals surface area contributed by atoms with Gasteiger partial charge in [0.15, 0.2) is 17.3 Å². The third kappa shape index (κ3) is 5.01. The van der Waals surface area contributed by atoms with E-state index in [1.54, 1.807) is 19.1 Å². The quantitative estimate of drug-likeness (QED) is 0.428. The Morgan fingerprint density at radius 2 is 2.00 bits per heavy atom. The van der Waals surface area contributed by atoms with Gasteiger partial charge in [-0.3, -0.25) is 14.6 Å². The molecule has 2 aliphatic rings. The van der Waals surface area contributed by atoms with Crippen molar-refractivity contribution in [2.75, 3.05) is 26.4 Å². The van der Waals surface area contributed by atoms with E-state index in [4.69, 9.17) is 14.2 Å². The Balaban J connectivity index is 2.06. The summed E-state index contributed by atoms with van der Waals surface area (Å²) in [5, 5.41) is 10.3. The molecule has 0 bridgehead atoms. The van der Waals surface area contributed by atoms with Gasteiger partial charge in [-0.05, 0) is 67.2 Å². The number of carbonyl (C=O) groups is 2. The Hall–Kier alpha value is -2.19. The van der Waals surface area contributed by atoms with E-state index in [1.807, 2.05) is 13.8 Å². The summed E-state index contributed by atoms with van der Waals surface area (Å²) in [5.74, 6) is -1.48. The number of ether oxygens (including phenoxy) is 3. The Morgan fingerprint density at radius 3 is 2.71 bits per heavy atom.